The Balaban J connectivity index is 1.75. The molecule has 174 valence electrons. The average Bonchev–Trinajstić information content (AvgIpc) is 2.79. The number of hydrogen-bond donors (Lipinski definition) is 2. The summed E-state index contributed by atoms with van der Waals surface area (Å²) < 4.78 is 33.5. The van der Waals surface area contributed by atoms with Crippen molar-refractivity contribution in [3.63, 3.8) is 0 Å². The van der Waals surface area contributed by atoms with E-state index in [1.165, 1.54) is 10.4 Å². The van der Waals surface area contributed by atoms with Gasteiger partial charge < -0.3 is 15.4 Å². The van der Waals surface area contributed by atoms with Crippen LogP contribution in [0.3, 0.4) is 0 Å². The second-order valence-corrected chi connectivity index (χ2v) is 10.3. The number of hydrogen-bond acceptors (Lipinski definition) is 5. The van der Waals surface area contributed by atoms with E-state index in [1.54, 1.807) is 12.1 Å². The Hall–Kier alpha value is -2.42. The van der Waals surface area contributed by atoms with Gasteiger partial charge in [0.2, 0.25) is 15.9 Å². The lowest BCUT2D eigenvalue weighted by Gasteiger charge is -2.26. The summed E-state index contributed by atoms with van der Waals surface area (Å²) in [5.41, 5.74) is 1.44. The van der Waals surface area contributed by atoms with Crippen molar-refractivity contribution in [2.24, 2.45) is 0 Å². The molecule has 2 N–H and O–H groups in total. The van der Waals surface area contributed by atoms with E-state index in [0.29, 0.717) is 24.5 Å². The fourth-order valence-corrected chi connectivity index (χ4v) is 5.22. The molecule has 1 aliphatic heterocycles. The third-order valence-corrected chi connectivity index (χ3v) is 7.30. The number of nitrogens with one attached hydrogen (secondary N) is 2. The third-order valence-electron chi connectivity index (χ3n) is 5.41. The fourth-order valence-electron chi connectivity index (χ4n) is 3.68. The first-order valence-electron chi connectivity index (χ1n) is 11.2. The van der Waals surface area contributed by atoms with Crippen LogP contribution in [0.2, 0.25) is 0 Å². The third kappa shape index (κ3) is 6.31. The highest BCUT2D eigenvalue weighted by Gasteiger charge is 2.27. The molecule has 1 atom stereocenters. The number of piperidine rings is 1. The van der Waals surface area contributed by atoms with Crippen LogP contribution >= 0.6 is 0 Å². The first-order valence-corrected chi connectivity index (χ1v) is 12.6. The van der Waals surface area contributed by atoms with E-state index in [0.717, 1.165) is 24.8 Å². The quantitative estimate of drug-likeness (QED) is 0.593. The highest BCUT2D eigenvalue weighted by Crippen LogP contribution is 2.31. The molecule has 1 amide bonds. The van der Waals surface area contributed by atoms with Crippen LogP contribution in [0.15, 0.2) is 53.4 Å². The molecule has 0 aliphatic carbocycles. The van der Waals surface area contributed by atoms with Crippen molar-refractivity contribution >= 4 is 21.6 Å². The van der Waals surface area contributed by atoms with Crippen molar-refractivity contribution in [3.05, 3.63) is 54.1 Å². The Bertz CT molecular complexity index is 1000. The van der Waals surface area contributed by atoms with Crippen LogP contribution in [0.4, 0.5) is 5.69 Å². The zero-order valence-corrected chi connectivity index (χ0v) is 19.8. The molecule has 0 aromatic heterocycles. The minimum absolute atomic E-state index is 0.000789. The summed E-state index contributed by atoms with van der Waals surface area (Å²) in [4.78, 5) is 12.8. The van der Waals surface area contributed by atoms with Crippen LogP contribution in [0.25, 0.3) is 0 Å². The topological polar surface area (TPSA) is 87.7 Å². The second-order valence-electron chi connectivity index (χ2n) is 8.35. The Kier molecular flexibility index (Phi) is 8.28. The van der Waals surface area contributed by atoms with Gasteiger partial charge in [-0.2, -0.15) is 4.31 Å². The Morgan fingerprint density at radius 3 is 2.38 bits per heavy atom. The van der Waals surface area contributed by atoms with Gasteiger partial charge in [0.25, 0.3) is 0 Å². The number of carbonyl (C=O) groups is 1. The van der Waals surface area contributed by atoms with Crippen molar-refractivity contribution in [3.8, 4) is 5.75 Å². The number of carbonyl (C=O) groups excluding carboxylic acids is 1. The molecule has 7 nitrogen and oxygen atoms in total. The lowest BCUT2D eigenvalue weighted by Crippen LogP contribution is -2.35. The zero-order valence-electron chi connectivity index (χ0n) is 19.0. The molecule has 0 saturated carbocycles. The summed E-state index contributed by atoms with van der Waals surface area (Å²) in [7, 11) is -3.62. The number of sulfonamides is 1. The van der Waals surface area contributed by atoms with Gasteiger partial charge in [-0.1, -0.05) is 36.8 Å². The minimum atomic E-state index is -3.62. The van der Waals surface area contributed by atoms with Crippen LogP contribution in [0, 0.1) is 0 Å². The number of rotatable bonds is 9. The van der Waals surface area contributed by atoms with E-state index in [-0.39, 0.29) is 29.5 Å². The van der Waals surface area contributed by atoms with Crippen LogP contribution in [0.1, 0.15) is 51.6 Å². The van der Waals surface area contributed by atoms with Gasteiger partial charge in [-0.05, 0) is 57.4 Å². The molecular formula is C24H33N3O4S. The number of anilines is 1. The number of ether oxygens (including phenoxy) is 1. The Labute approximate surface area is 191 Å². The minimum Gasteiger partial charge on any atom is -0.489 e. The van der Waals surface area contributed by atoms with E-state index < -0.39 is 10.0 Å². The van der Waals surface area contributed by atoms with Crippen molar-refractivity contribution < 1.29 is 17.9 Å². The van der Waals surface area contributed by atoms with Gasteiger partial charge in [0.1, 0.15) is 5.75 Å². The van der Waals surface area contributed by atoms with Crippen molar-refractivity contribution in [2.45, 2.75) is 57.1 Å². The zero-order chi connectivity index (χ0) is 23.1. The number of nitrogens with zero attached hydrogens (tertiary/aromatic N) is 1. The summed E-state index contributed by atoms with van der Waals surface area (Å²) in [5.74, 6) is 0.177. The molecule has 32 heavy (non-hydrogen) atoms. The highest BCUT2D eigenvalue weighted by molar-refractivity contribution is 7.89. The SMILES string of the molecule is CC(C)Oc1ccc(S(=O)(=O)N2CCCCC2)cc1NC(=O)CN[C@H](C)c1ccccc1. The molecule has 0 bridgehead atoms. The summed E-state index contributed by atoms with van der Waals surface area (Å²) in [5, 5.41) is 6.03. The van der Waals surface area contributed by atoms with Gasteiger partial charge >= 0.3 is 0 Å². The highest BCUT2D eigenvalue weighted by atomic mass is 32.2. The molecule has 1 fully saturated rings. The first kappa shape index (κ1) is 24.2. The lowest BCUT2D eigenvalue weighted by atomic mass is 10.1. The molecule has 2 aromatic rings. The standard InChI is InChI=1S/C24H33N3O4S/c1-18(2)31-23-13-12-21(32(29,30)27-14-8-5-9-15-27)16-22(23)26-24(28)17-25-19(3)20-10-6-4-7-11-20/h4,6-7,10-13,16,18-19,25H,5,8-9,14-15,17H2,1-3H3,(H,26,28)/t19-/m1/s1. The summed E-state index contributed by atoms with van der Waals surface area (Å²) >= 11 is 0. The first-order chi connectivity index (χ1) is 15.3. The molecule has 1 heterocycles. The lowest BCUT2D eigenvalue weighted by molar-refractivity contribution is -0.115. The molecule has 1 aliphatic rings. The van der Waals surface area contributed by atoms with Crippen molar-refractivity contribution in [2.75, 3.05) is 25.0 Å². The van der Waals surface area contributed by atoms with Gasteiger partial charge in [-0.25, -0.2) is 8.42 Å². The maximum atomic E-state index is 13.1. The summed E-state index contributed by atoms with van der Waals surface area (Å²) in [6.45, 7) is 6.88. The molecule has 3 rings (SSSR count). The maximum absolute atomic E-state index is 13.1. The van der Waals surface area contributed by atoms with Crippen molar-refractivity contribution in [1.82, 2.24) is 9.62 Å². The van der Waals surface area contributed by atoms with E-state index in [9.17, 15) is 13.2 Å². The molecular weight excluding hydrogens is 426 g/mol. The maximum Gasteiger partial charge on any atom is 0.243 e. The molecule has 1 saturated heterocycles. The molecule has 0 unspecified atom stereocenters. The van der Waals surface area contributed by atoms with E-state index in [1.807, 2.05) is 51.1 Å². The normalized spacial score (nSPS) is 16.0. The predicted molar refractivity (Wildman–Crippen MR) is 126 cm³/mol. The molecule has 8 heteroatoms. The number of benzene rings is 2. The van der Waals surface area contributed by atoms with Crippen LogP contribution < -0.4 is 15.4 Å². The van der Waals surface area contributed by atoms with Gasteiger partial charge in [0, 0.05) is 19.1 Å². The fraction of sp³-hybridized carbons (Fsp3) is 0.458. The predicted octanol–water partition coefficient (Wildman–Crippen LogP) is 3.94. The Morgan fingerprint density at radius 1 is 1.03 bits per heavy atom. The Morgan fingerprint density at radius 2 is 1.72 bits per heavy atom. The van der Waals surface area contributed by atoms with E-state index >= 15 is 0 Å². The van der Waals surface area contributed by atoms with Gasteiger partial charge in [0.05, 0.1) is 23.2 Å². The van der Waals surface area contributed by atoms with Gasteiger partial charge in [-0.3, -0.25) is 4.79 Å². The number of amides is 1. The van der Waals surface area contributed by atoms with Gasteiger partial charge in [0.15, 0.2) is 0 Å². The largest absolute Gasteiger partial charge is 0.489 e. The van der Waals surface area contributed by atoms with Crippen LogP contribution in [-0.4, -0.2) is 44.4 Å². The molecule has 0 radical (unpaired) electrons. The average molecular weight is 460 g/mol. The smallest absolute Gasteiger partial charge is 0.243 e. The van der Waals surface area contributed by atoms with E-state index in [2.05, 4.69) is 10.6 Å². The monoisotopic (exact) mass is 459 g/mol. The summed E-state index contributed by atoms with van der Waals surface area (Å²) in [6, 6.07) is 14.5. The van der Waals surface area contributed by atoms with Crippen LogP contribution in [0.5, 0.6) is 5.75 Å². The molecule has 0 spiro atoms. The molecule has 2 aromatic carbocycles. The second kappa shape index (κ2) is 10.9. The summed E-state index contributed by atoms with van der Waals surface area (Å²) in [6.07, 6.45) is 2.65. The van der Waals surface area contributed by atoms with E-state index in [4.69, 9.17) is 4.74 Å². The van der Waals surface area contributed by atoms with Crippen LogP contribution in [-0.2, 0) is 14.8 Å². The van der Waals surface area contributed by atoms with Gasteiger partial charge in [-0.15, -0.1) is 0 Å². The van der Waals surface area contributed by atoms with Crippen molar-refractivity contribution in [1.29, 1.82) is 0 Å².